The Hall–Kier alpha value is -6.08. The van der Waals surface area contributed by atoms with Crippen LogP contribution in [0.3, 0.4) is 0 Å². The zero-order chi connectivity index (χ0) is 36.8. The van der Waals surface area contributed by atoms with E-state index in [4.69, 9.17) is 0 Å². The molecule has 0 aliphatic heterocycles. The lowest BCUT2D eigenvalue weighted by Gasteiger charge is -2.33. The molecule has 0 heterocycles. The predicted molar refractivity (Wildman–Crippen MR) is 220 cm³/mol. The van der Waals surface area contributed by atoms with Gasteiger partial charge in [-0.2, -0.15) is 0 Å². The standard InChI is InChI=1S/C48H42N2O4/c51-41-23-21-29-11-1-5-15-35(29)43(41)45-37-17-7-3-13-31(37)25-33(47(45)53)27-49-39-19-9-10-20-40(39)50-28-34-26-32-14-4-8-18-38(32)46(48(34)54)44-36-16-6-2-12-30(36)22-24-42(44)52/h1-8,11-18,21-26,39-40,49-54H,9-10,19-20,27-28H2/t39-,40-/m1/s1. The monoisotopic (exact) mass is 710 g/mol. The van der Waals surface area contributed by atoms with Gasteiger partial charge in [0.05, 0.1) is 0 Å². The van der Waals surface area contributed by atoms with E-state index in [1.54, 1.807) is 12.1 Å². The van der Waals surface area contributed by atoms with Crippen LogP contribution in [0.2, 0.25) is 0 Å². The Morgan fingerprint density at radius 3 is 1.17 bits per heavy atom. The summed E-state index contributed by atoms with van der Waals surface area (Å²) in [6.45, 7) is 0.896. The number of nitrogens with one attached hydrogen (secondary N) is 2. The minimum absolute atomic E-state index is 0.128. The Morgan fingerprint density at radius 2 is 0.759 bits per heavy atom. The van der Waals surface area contributed by atoms with Crippen LogP contribution < -0.4 is 10.6 Å². The number of rotatable bonds is 8. The van der Waals surface area contributed by atoms with Crippen LogP contribution in [0.25, 0.3) is 65.3 Å². The third kappa shape index (κ3) is 5.94. The number of phenols is 4. The topological polar surface area (TPSA) is 105 Å². The largest absolute Gasteiger partial charge is 0.507 e. The molecule has 0 saturated heterocycles. The molecule has 8 aromatic carbocycles. The van der Waals surface area contributed by atoms with Gasteiger partial charge in [0.2, 0.25) is 0 Å². The first-order valence-electron chi connectivity index (χ1n) is 18.8. The van der Waals surface area contributed by atoms with Crippen LogP contribution in [-0.2, 0) is 13.1 Å². The SMILES string of the molecule is Oc1ccc2ccccc2c1-c1c(O)c(CN[C@@H]2CCCC[C@H]2NCc2cc3ccccc3c(-c3c(O)ccc4ccccc34)c2O)cc2ccccc12. The normalized spacial score (nSPS) is 16.1. The first-order chi connectivity index (χ1) is 26.5. The molecule has 8 aromatic rings. The molecule has 6 N–H and O–H groups in total. The van der Waals surface area contributed by atoms with E-state index >= 15 is 0 Å². The average molecular weight is 711 g/mol. The van der Waals surface area contributed by atoms with Crippen molar-refractivity contribution < 1.29 is 20.4 Å². The number of phenolic OH excluding ortho intramolecular Hbond substituents is 4. The number of fused-ring (bicyclic) bond motifs is 4. The van der Waals surface area contributed by atoms with Gasteiger partial charge in [-0.25, -0.2) is 0 Å². The Balaban J connectivity index is 1.03. The van der Waals surface area contributed by atoms with E-state index in [0.717, 1.165) is 79.9 Å². The number of hydrogen-bond donors (Lipinski definition) is 6. The molecule has 0 bridgehead atoms. The molecule has 0 spiro atoms. The van der Waals surface area contributed by atoms with E-state index in [0.29, 0.717) is 35.3 Å². The van der Waals surface area contributed by atoms with Crippen LogP contribution in [0, 0.1) is 0 Å². The Labute approximate surface area is 314 Å². The molecular formula is C48H42N2O4. The Kier molecular flexibility index (Phi) is 8.78. The minimum atomic E-state index is 0.128. The molecule has 2 atom stereocenters. The molecule has 9 rings (SSSR count). The van der Waals surface area contributed by atoms with Crippen molar-refractivity contribution in [2.75, 3.05) is 0 Å². The molecular weight excluding hydrogens is 669 g/mol. The van der Waals surface area contributed by atoms with Gasteiger partial charge >= 0.3 is 0 Å². The van der Waals surface area contributed by atoms with Gasteiger partial charge in [-0.15, -0.1) is 0 Å². The maximum atomic E-state index is 12.0. The number of hydrogen-bond acceptors (Lipinski definition) is 6. The summed E-state index contributed by atoms with van der Waals surface area (Å²) in [4.78, 5) is 0. The molecule has 1 aliphatic carbocycles. The van der Waals surface area contributed by atoms with Gasteiger partial charge in [0, 0.05) is 58.6 Å². The highest BCUT2D eigenvalue weighted by Crippen LogP contribution is 2.48. The molecule has 268 valence electrons. The molecule has 0 unspecified atom stereocenters. The lowest BCUT2D eigenvalue weighted by atomic mass is 9.88. The van der Waals surface area contributed by atoms with E-state index in [1.165, 1.54) is 0 Å². The maximum absolute atomic E-state index is 12.0. The van der Waals surface area contributed by atoms with Crippen LogP contribution in [0.1, 0.15) is 36.8 Å². The van der Waals surface area contributed by atoms with Gasteiger partial charge < -0.3 is 31.1 Å². The fourth-order valence-corrected chi connectivity index (χ4v) is 8.71. The van der Waals surface area contributed by atoms with Crippen molar-refractivity contribution >= 4 is 43.1 Å². The average Bonchev–Trinajstić information content (AvgIpc) is 3.20. The summed E-state index contributed by atoms with van der Waals surface area (Å²) in [7, 11) is 0. The zero-order valence-corrected chi connectivity index (χ0v) is 29.9. The lowest BCUT2D eigenvalue weighted by molar-refractivity contribution is 0.279. The van der Waals surface area contributed by atoms with Crippen LogP contribution in [0.15, 0.2) is 133 Å². The summed E-state index contributed by atoms with van der Waals surface area (Å²) < 4.78 is 0. The molecule has 1 saturated carbocycles. The molecule has 6 heteroatoms. The van der Waals surface area contributed by atoms with E-state index in [2.05, 4.69) is 22.8 Å². The molecule has 0 amide bonds. The smallest absolute Gasteiger partial charge is 0.128 e. The molecule has 0 aromatic heterocycles. The van der Waals surface area contributed by atoms with Gasteiger partial charge in [-0.3, -0.25) is 0 Å². The van der Waals surface area contributed by atoms with Gasteiger partial charge in [0.1, 0.15) is 23.0 Å². The summed E-state index contributed by atoms with van der Waals surface area (Å²) >= 11 is 0. The Morgan fingerprint density at radius 1 is 0.407 bits per heavy atom. The first kappa shape index (κ1) is 33.7. The van der Waals surface area contributed by atoms with Gasteiger partial charge in [0.25, 0.3) is 0 Å². The Bertz CT molecular complexity index is 2520. The van der Waals surface area contributed by atoms with Crippen LogP contribution in [0.4, 0.5) is 0 Å². The summed E-state index contributed by atoms with van der Waals surface area (Å²) in [5.74, 6) is 0.593. The first-order valence-corrected chi connectivity index (χ1v) is 18.8. The molecule has 0 radical (unpaired) electrons. The second-order valence-corrected chi connectivity index (χ2v) is 14.6. The lowest BCUT2D eigenvalue weighted by Crippen LogP contribution is -2.49. The van der Waals surface area contributed by atoms with Crippen LogP contribution in [0.5, 0.6) is 23.0 Å². The molecule has 6 nitrogen and oxygen atoms in total. The van der Waals surface area contributed by atoms with E-state index in [-0.39, 0.29) is 35.1 Å². The summed E-state index contributed by atoms with van der Waals surface area (Å²) in [6.07, 6.45) is 4.14. The van der Waals surface area contributed by atoms with Crippen molar-refractivity contribution in [1.82, 2.24) is 10.6 Å². The minimum Gasteiger partial charge on any atom is -0.507 e. The van der Waals surface area contributed by atoms with Crippen molar-refractivity contribution in [1.29, 1.82) is 0 Å². The van der Waals surface area contributed by atoms with Crippen molar-refractivity contribution in [3.05, 3.63) is 145 Å². The summed E-state index contributed by atoms with van der Waals surface area (Å²) in [5.41, 5.74) is 4.08. The van der Waals surface area contributed by atoms with Crippen LogP contribution in [-0.4, -0.2) is 32.5 Å². The predicted octanol–water partition coefficient (Wildman–Crippen LogP) is 10.6. The van der Waals surface area contributed by atoms with Crippen molar-refractivity contribution in [2.24, 2.45) is 0 Å². The fourth-order valence-electron chi connectivity index (χ4n) is 8.71. The summed E-state index contributed by atoms with van der Waals surface area (Å²) in [6, 6.07) is 43.5. The van der Waals surface area contributed by atoms with Gasteiger partial charge in [0.15, 0.2) is 0 Å². The highest BCUT2D eigenvalue weighted by molar-refractivity contribution is 6.11. The maximum Gasteiger partial charge on any atom is 0.128 e. The highest BCUT2D eigenvalue weighted by atomic mass is 16.3. The molecule has 1 aliphatic rings. The van der Waals surface area contributed by atoms with E-state index in [9.17, 15) is 20.4 Å². The highest BCUT2D eigenvalue weighted by Gasteiger charge is 2.27. The van der Waals surface area contributed by atoms with Crippen molar-refractivity contribution in [3.63, 3.8) is 0 Å². The fraction of sp³-hybridized carbons (Fsp3) is 0.167. The third-order valence-corrected chi connectivity index (χ3v) is 11.4. The number of aromatic hydroxyl groups is 4. The van der Waals surface area contributed by atoms with E-state index in [1.807, 2.05) is 109 Å². The van der Waals surface area contributed by atoms with E-state index < -0.39 is 0 Å². The summed E-state index contributed by atoms with van der Waals surface area (Å²) in [5, 5.41) is 61.5. The van der Waals surface area contributed by atoms with Gasteiger partial charge in [-0.05, 0) is 80.2 Å². The number of benzene rings is 8. The van der Waals surface area contributed by atoms with Crippen molar-refractivity contribution in [2.45, 2.75) is 50.9 Å². The van der Waals surface area contributed by atoms with Gasteiger partial charge in [-0.1, -0.05) is 122 Å². The molecule has 54 heavy (non-hydrogen) atoms. The zero-order valence-electron chi connectivity index (χ0n) is 29.9. The molecule has 1 fully saturated rings. The van der Waals surface area contributed by atoms with Crippen LogP contribution >= 0.6 is 0 Å². The third-order valence-electron chi connectivity index (χ3n) is 11.4. The second kappa shape index (κ2) is 14.0. The quantitative estimate of drug-likeness (QED) is 0.0938. The van der Waals surface area contributed by atoms with Crippen molar-refractivity contribution in [3.8, 4) is 45.3 Å². The second-order valence-electron chi connectivity index (χ2n) is 14.6.